The molecule has 30 heavy (non-hydrogen) atoms. The molecule has 3 aromatic rings. The number of amides is 1. The lowest BCUT2D eigenvalue weighted by Crippen LogP contribution is -2.43. The molecule has 0 spiro atoms. The van der Waals surface area contributed by atoms with Crippen LogP contribution in [0.5, 0.6) is 11.5 Å². The van der Waals surface area contributed by atoms with Crippen molar-refractivity contribution in [3.63, 3.8) is 0 Å². The summed E-state index contributed by atoms with van der Waals surface area (Å²) in [6.07, 6.45) is -0.676. The lowest BCUT2D eigenvalue weighted by molar-refractivity contribution is 0.0598. The molecule has 0 saturated heterocycles. The Balaban J connectivity index is 1.63. The number of nitrogens with one attached hydrogen (secondary N) is 1. The molecular weight excluding hydrogens is 388 g/mol. The number of fused-ring (bicyclic) bond motifs is 2. The molecule has 0 unspecified atom stereocenters. The van der Waals surface area contributed by atoms with Gasteiger partial charge in [0.05, 0.1) is 18.4 Å². The zero-order valence-corrected chi connectivity index (χ0v) is 16.3. The Bertz CT molecular complexity index is 1170. The predicted octanol–water partition coefficient (Wildman–Crippen LogP) is 3.87. The monoisotopic (exact) mass is 406 g/mol. The summed E-state index contributed by atoms with van der Waals surface area (Å²) in [6.45, 7) is 1.82. The van der Waals surface area contributed by atoms with Gasteiger partial charge in [0.15, 0.2) is 17.7 Å². The van der Waals surface area contributed by atoms with Gasteiger partial charge in [-0.1, -0.05) is 12.1 Å². The Morgan fingerprint density at radius 1 is 1.13 bits per heavy atom. The average molecular weight is 406 g/mol. The summed E-state index contributed by atoms with van der Waals surface area (Å²) in [5.74, 6) is 1.30. The van der Waals surface area contributed by atoms with Crippen LogP contribution in [-0.4, -0.2) is 25.8 Å². The van der Waals surface area contributed by atoms with Crippen molar-refractivity contribution in [2.75, 3.05) is 24.1 Å². The molecule has 0 radical (unpaired) electrons. The van der Waals surface area contributed by atoms with Crippen LogP contribution in [0.2, 0.25) is 0 Å². The van der Waals surface area contributed by atoms with Gasteiger partial charge in [0.1, 0.15) is 17.1 Å². The summed E-state index contributed by atoms with van der Waals surface area (Å²) in [5.41, 5.74) is 2.12. The number of benzene rings is 2. The van der Waals surface area contributed by atoms with Crippen LogP contribution < -0.4 is 19.7 Å². The van der Waals surface area contributed by atoms with Gasteiger partial charge in [-0.05, 0) is 37.3 Å². The van der Waals surface area contributed by atoms with Crippen molar-refractivity contribution in [2.45, 2.75) is 13.1 Å². The van der Waals surface area contributed by atoms with Crippen molar-refractivity contribution in [3.05, 3.63) is 71.2 Å². The molecule has 152 valence electrons. The number of para-hydroxylation sites is 1. The van der Waals surface area contributed by atoms with E-state index in [9.17, 15) is 9.59 Å². The first kappa shape index (κ1) is 18.1. The van der Waals surface area contributed by atoms with E-state index in [1.54, 1.807) is 42.2 Å². The van der Waals surface area contributed by atoms with Gasteiger partial charge in [0.2, 0.25) is 6.79 Å². The highest BCUT2D eigenvalue weighted by Crippen LogP contribution is 2.41. The lowest BCUT2D eigenvalue weighted by Gasteiger charge is -2.36. The molecule has 1 aromatic heterocycles. The molecule has 8 heteroatoms. The Morgan fingerprint density at radius 3 is 2.77 bits per heavy atom. The maximum atomic E-state index is 13.5. The molecule has 0 bridgehead atoms. The van der Waals surface area contributed by atoms with E-state index in [-0.39, 0.29) is 12.7 Å². The minimum absolute atomic E-state index is 0.136. The van der Waals surface area contributed by atoms with Crippen LogP contribution in [0.15, 0.2) is 52.9 Å². The first-order chi connectivity index (χ1) is 14.6. The number of esters is 1. The molecule has 1 amide bonds. The zero-order chi connectivity index (χ0) is 20.8. The molecular formula is C22H18N2O6. The molecule has 0 saturated carbocycles. The molecule has 2 aromatic carbocycles. The first-order valence-electron chi connectivity index (χ1n) is 9.34. The summed E-state index contributed by atoms with van der Waals surface area (Å²) in [5, 5.41) is 3.34. The van der Waals surface area contributed by atoms with Crippen LogP contribution in [0.4, 0.5) is 11.4 Å². The fraction of sp³-hybridized carbons (Fsp3) is 0.182. The van der Waals surface area contributed by atoms with E-state index >= 15 is 0 Å². The van der Waals surface area contributed by atoms with E-state index in [0.29, 0.717) is 45.5 Å². The smallest absolute Gasteiger partial charge is 0.341 e. The number of hydrogen-bond acceptors (Lipinski definition) is 7. The number of anilines is 2. The number of hydrogen-bond donors (Lipinski definition) is 1. The number of aryl methyl sites for hydroxylation is 1. The number of nitrogens with zero attached hydrogens (tertiary/aromatic N) is 1. The number of furan rings is 1. The normalized spacial score (nSPS) is 16.8. The Kier molecular flexibility index (Phi) is 4.13. The predicted molar refractivity (Wildman–Crippen MR) is 107 cm³/mol. The molecule has 0 fully saturated rings. The number of carbonyl (C=O) groups is 2. The molecule has 8 nitrogen and oxygen atoms in total. The van der Waals surface area contributed by atoms with Crippen molar-refractivity contribution in [2.24, 2.45) is 0 Å². The highest BCUT2D eigenvalue weighted by molar-refractivity contribution is 6.12. The standard InChI is InChI=1S/C22H18N2O6/c1-12-15(22(26)27-2)10-19(30-12)20-23-16-6-4-3-5-14(16)21(25)24(20)13-7-8-17-18(9-13)29-11-28-17/h3-10,20,23H,11H2,1-2H3/t20-/m0/s1. The van der Waals surface area contributed by atoms with Crippen LogP contribution in [0.1, 0.15) is 38.4 Å². The fourth-order valence-electron chi connectivity index (χ4n) is 3.71. The number of carbonyl (C=O) groups excluding carboxylic acids is 2. The van der Waals surface area contributed by atoms with Gasteiger partial charge in [0, 0.05) is 11.8 Å². The van der Waals surface area contributed by atoms with Crippen LogP contribution in [0.3, 0.4) is 0 Å². The zero-order valence-electron chi connectivity index (χ0n) is 16.3. The molecule has 0 aliphatic carbocycles. The summed E-state index contributed by atoms with van der Waals surface area (Å²) < 4.78 is 21.6. The van der Waals surface area contributed by atoms with Gasteiger partial charge >= 0.3 is 5.97 Å². The second-order valence-electron chi connectivity index (χ2n) is 6.92. The summed E-state index contributed by atoms with van der Waals surface area (Å²) in [4.78, 5) is 27.1. The Labute approximate surface area is 171 Å². The third-order valence-corrected chi connectivity index (χ3v) is 5.17. The average Bonchev–Trinajstić information content (AvgIpc) is 3.39. The number of rotatable bonds is 3. The fourth-order valence-corrected chi connectivity index (χ4v) is 3.71. The number of methoxy groups -OCH3 is 1. The first-order valence-corrected chi connectivity index (χ1v) is 9.34. The van der Waals surface area contributed by atoms with Crippen molar-refractivity contribution in [1.29, 1.82) is 0 Å². The Morgan fingerprint density at radius 2 is 1.93 bits per heavy atom. The van der Waals surface area contributed by atoms with E-state index in [0.717, 1.165) is 0 Å². The van der Waals surface area contributed by atoms with Crippen LogP contribution in [0.25, 0.3) is 0 Å². The van der Waals surface area contributed by atoms with Crippen LogP contribution >= 0.6 is 0 Å². The maximum absolute atomic E-state index is 13.5. The van der Waals surface area contributed by atoms with Gasteiger partial charge < -0.3 is 23.9 Å². The quantitative estimate of drug-likeness (QED) is 0.660. The summed E-state index contributed by atoms with van der Waals surface area (Å²) >= 11 is 0. The summed E-state index contributed by atoms with van der Waals surface area (Å²) in [7, 11) is 1.31. The van der Waals surface area contributed by atoms with Gasteiger partial charge in [-0.25, -0.2) is 4.79 Å². The van der Waals surface area contributed by atoms with Crippen molar-refractivity contribution in [3.8, 4) is 11.5 Å². The molecule has 1 N–H and O–H groups in total. The minimum atomic E-state index is -0.676. The van der Waals surface area contributed by atoms with E-state index < -0.39 is 12.1 Å². The molecule has 2 aliphatic heterocycles. The molecule has 5 rings (SSSR count). The molecule has 1 atom stereocenters. The maximum Gasteiger partial charge on any atom is 0.341 e. The van der Waals surface area contributed by atoms with E-state index in [1.807, 2.05) is 18.2 Å². The van der Waals surface area contributed by atoms with Crippen molar-refractivity contribution in [1.82, 2.24) is 0 Å². The SMILES string of the molecule is COC(=O)c1cc([C@H]2Nc3ccccc3C(=O)N2c2ccc3c(c2)OCO3)oc1C. The third-order valence-electron chi connectivity index (χ3n) is 5.17. The molecule has 2 aliphatic rings. The third kappa shape index (κ3) is 2.76. The van der Waals surface area contributed by atoms with Crippen LogP contribution in [-0.2, 0) is 4.74 Å². The highest BCUT2D eigenvalue weighted by Gasteiger charge is 2.37. The number of ether oxygens (including phenoxy) is 3. The van der Waals surface area contributed by atoms with Gasteiger partial charge in [-0.3, -0.25) is 9.69 Å². The van der Waals surface area contributed by atoms with Crippen molar-refractivity contribution >= 4 is 23.3 Å². The van der Waals surface area contributed by atoms with E-state index in [1.165, 1.54) is 7.11 Å². The minimum Gasteiger partial charge on any atom is -0.465 e. The summed E-state index contributed by atoms with van der Waals surface area (Å²) in [6, 6.07) is 14.1. The van der Waals surface area contributed by atoms with E-state index in [2.05, 4.69) is 5.32 Å². The molecule has 3 heterocycles. The largest absolute Gasteiger partial charge is 0.465 e. The van der Waals surface area contributed by atoms with E-state index in [4.69, 9.17) is 18.6 Å². The van der Waals surface area contributed by atoms with Crippen LogP contribution in [0, 0.1) is 6.92 Å². The topological polar surface area (TPSA) is 90.2 Å². The Hall–Kier alpha value is -3.94. The highest BCUT2D eigenvalue weighted by atomic mass is 16.7. The lowest BCUT2D eigenvalue weighted by atomic mass is 10.0. The second kappa shape index (κ2) is 6.84. The van der Waals surface area contributed by atoms with Gasteiger partial charge in [-0.2, -0.15) is 0 Å². The second-order valence-corrected chi connectivity index (χ2v) is 6.92. The van der Waals surface area contributed by atoms with Gasteiger partial charge in [-0.15, -0.1) is 0 Å². The van der Waals surface area contributed by atoms with Crippen molar-refractivity contribution < 1.29 is 28.2 Å². The van der Waals surface area contributed by atoms with Gasteiger partial charge in [0.25, 0.3) is 5.91 Å².